The average molecular weight is 288 g/mol. The van der Waals surface area contributed by atoms with Crippen molar-refractivity contribution in [1.29, 1.82) is 0 Å². The van der Waals surface area contributed by atoms with Crippen molar-refractivity contribution in [3.8, 4) is 0 Å². The number of fused-ring (bicyclic) bond motifs is 1. The van der Waals surface area contributed by atoms with Gasteiger partial charge in [-0.1, -0.05) is 0 Å². The zero-order chi connectivity index (χ0) is 14.8. The highest BCUT2D eigenvalue weighted by Crippen LogP contribution is 2.24. The number of amides is 1. The summed E-state index contributed by atoms with van der Waals surface area (Å²) in [6.45, 7) is -0.719. The van der Waals surface area contributed by atoms with Crippen molar-refractivity contribution in [3.63, 3.8) is 0 Å². The van der Waals surface area contributed by atoms with Gasteiger partial charge >= 0.3 is 0 Å². The number of benzene rings is 2. The molecule has 0 fully saturated rings. The highest BCUT2D eigenvalue weighted by Gasteiger charge is 2.11. The Kier molecular flexibility index (Phi) is 3.35. The molecule has 106 valence electrons. The molecule has 4 nitrogen and oxygen atoms in total. The molecule has 1 heterocycles. The Bertz CT molecular complexity index is 797. The molecule has 0 radical (unpaired) electrons. The molecular weight excluding hydrogens is 278 g/mol. The third-order valence-electron chi connectivity index (χ3n) is 3.02. The first-order valence-corrected chi connectivity index (χ1v) is 6.16. The lowest BCUT2D eigenvalue weighted by atomic mass is 10.1. The molecule has 3 rings (SSSR count). The number of anilines is 1. The maximum Gasteiger partial charge on any atom is 0.255 e. The Balaban J connectivity index is 1.90. The van der Waals surface area contributed by atoms with Gasteiger partial charge in [-0.2, -0.15) is 0 Å². The van der Waals surface area contributed by atoms with Crippen LogP contribution in [0.3, 0.4) is 0 Å². The first kappa shape index (κ1) is 13.2. The summed E-state index contributed by atoms with van der Waals surface area (Å²) < 4.78 is 30.9. The third kappa shape index (κ3) is 2.60. The van der Waals surface area contributed by atoms with Gasteiger partial charge in [-0.3, -0.25) is 4.79 Å². The van der Waals surface area contributed by atoms with Crippen molar-refractivity contribution in [2.24, 2.45) is 0 Å². The van der Waals surface area contributed by atoms with Crippen LogP contribution in [0.2, 0.25) is 0 Å². The Morgan fingerprint density at radius 2 is 2.00 bits per heavy atom. The van der Waals surface area contributed by atoms with E-state index in [1.807, 2.05) is 0 Å². The van der Waals surface area contributed by atoms with Gasteiger partial charge in [0.25, 0.3) is 5.91 Å². The number of hydrogen-bond acceptors (Lipinski definition) is 3. The second-order valence-corrected chi connectivity index (χ2v) is 4.43. The normalized spacial score (nSPS) is 10.8. The van der Waals surface area contributed by atoms with Crippen LogP contribution in [0.25, 0.3) is 11.1 Å². The monoisotopic (exact) mass is 288 g/mol. The zero-order valence-electron chi connectivity index (χ0n) is 10.8. The molecule has 0 saturated carbocycles. The van der Waals surface area contributed by atoms with Crippen LogP contribution >= 0.6 is 0 Å². The molecule has 0 unspecified atom stereocenters. The predicted octanol–water partition coefficient (Wildman–Crippen LogP) is 3.69. The highest BCUT2D eigenvalue weighted by molar-refractivity contribution is 6.05. The van der Waals surface area contributed by atoms with Crippen LogP contribution in [-0.4, -0.2) is 10.9 Å². The van der Waals surface area contributed by atoms with E-state index in [9.17, 15) is 13.6 Å². The molecule has 1 amide bonds. The number of oxazole rings is 1. The summed E-state index contributed by atoms with van der Waals surface area (Å²) in [7, 11) is 0. The van der Waals surface area contributed by atoms with Crippen molar-refractivity contribution < 1.29 is 18.0 Å². The highest BCUT2D eigenvalue weighted by atomic mass is 19.1. The van der Waals surface area contributed by atoms with Gasteiger partial charge in [0, 0.05) is 22.9 Å². The van der Waals surface area contributed by atoms with Crippen LogP contribution in [0.15, 0.2) is 47.2 Å². The summed E-state index contributed by atoms with van der Waals surface area (Å²) in [6.07, 6.45) is 1.22. The molecule has 1 aromatic heterocycles. The molecule has 3 aromatic rings. The second-order valence-electron chi connectivity index (χ2n) is 4.43. The van der Waals surface area contributed by atoms with E-state index < -0.39 is 18.4 Å². The Labute approximate surface area is 118 Å². The number of hydrogen-bond donors (Lipinski definition) is 1. The Morgan fingerprint density at radius 1 is 1.24 bits per heavy atom. The van der Waals surface area contributed by atoms with Gasteiger partial charge in [0.05, 0.1) is 0 Å². The fraction of sp³-hybridized carbons (Fsp3) is 0.0667. The molecular formula is C15H10F2N2O2. The molecule has 1 N–H and O–H groups in total. The minimum atomic E-state index is -0.719. The van der Waals surface area contributed by atoms with E-state index in [0.29, 0.717) is 27.9 Å². The molecule has 21 heavy (non-hydrogen) atoms. The van der Waals surface area contributed by atoms with Gasteiger partial charge in [-0.25, -0.2) is 13.8 Å². The summed E-state index contributed by atoms with van der Waals surface area (Å²) in [6, 6.07) is 8.18. The van der Waals surface area contributed by atoms with Gasteiger partial charge in [-0.05, 0) is 30.3 Å². The van der Waals surface area contributed by atoms with Gasteiger partial charge in [0.2, 0.25) is 0 Å². The molecule has 0 atom stereocenters. The lowest BCUT2D eigenvalue weighted by molar-refractivity contribution is 0.102. The Hall–Kier alpha value is -2.76. The molecule has 0 aliphatic heterocycles. The lowest BCUT2D eigenvalue weighted by Gasteiger charge is -2.07. The molecule has 0 spiro atoms. The second kappa shape index (κ2) is 5.32. The molecule has 0 aliphatic carbocycles. The van der Waals surface area contributed by atoms with Crippen LogP contribution in [-0.2, 0) is 6.67 Å². The van der Waals surface area contributed by atoms with Crippen molar-refractivity contribution >= 4 is 22.7 Å². The first-order chi connectivity index (χ1) is 10.2. The number of carbonyl (C=O) groups is 1. The van der Waals surface area contributed by atoms with E-state index in [0.717, 1.165) is 0 Å². The smallest absolute Gasteiger partial charge is 0.255 e. The summed E-state index contributed by atoms with van der Waals surface area (Å²) in [5.74, 6) is -0.840. The van der Waals surface area contributed by atoms with Crippen LogP contribution < -0.4 is 5.32 Å². The largest absolute Gasteiger partial charge is 0.443 e. The third-order valence-corrected chi connectivity index (χ3v) is 3.02. The van der Waals surface area contributed by atoms with Crippen molar-refractivity contribution in [3.05, 3.63) is 59.7 Å². The van der Waals surface area contributed by atoms with E-state index in [1.165, 1.54) is 36.7 Å². The SMILES string of the molecule is O=C(Nc1cc(CF)c2ncoc2c1)c1ccc(F)cc1. The summed E-state index contributed by atoms with van der Waals surface area (Å²) in [5, 5.41) is 2.62. The minimum absolute atomic E-state index is 0.302. The number of nitrogens with zero attached hydrogens (tertiary/aromatic N) is 1. The van der Waals surface area contributed by atoms with Gasteiger partial charge in [0.15, 0.2) is 12.0 Å². The van der Waals surface area contributed by atoms with Gasteiger partial charge in [-0.15, -0.1) is 0 Å². The summed E-state index contributed by atoms with van der Waals surface area (Å²) in [4.78, 5) is 15.9. The number of carbonyl (C=O) groups excluding carboxylic acids is 1. The molecule has 6 heteroatoms. The fourth-order valence-corrected chi connectivity index (χ4v) is 2.02. The van der Waals surface area contributed by atoms with Crippen molar-refractivity contribution in [2.75, 3.05) is 5.32 Å². The Morgan fingerprint density at radius 3 is 2.71 bits per heavy atom. The maximum atomic E-state index is 13.0. The van der Waals surface area contributed by atoms with E-state index in [2.05, 4.69) is 10.3 Å². The van der Waals surface area contributed by atoms with Crippen molar-refractivity contribution in [2.45, 2.75) is 6.67 Å². The molecule has 0 bridgehead atoms. The molecule has 0 aliphatic rings. The van der Waals surface area contributed by atoms with Crippen LogP contribution in [0.5, 0.6) is 0 Å². The first-order valence-electron chi connectivity index (χ1n) is 6.16. The van der Waals surface area contributed by atoms with Gasteiger partial charge < -0.3 is 9.73 Å². The number of nitrogens with one attached hydrogen (secondary N) is 1. The molecule has 0 saturated heterocycles. The van der Waals surface area contributed by atoms with E-state index >= 15 is 0 Å². The average Bonchev–Trinajstić information content (AvgIpc) is 2.95. The van der Waals surface area contributed by atoms with Gasteiger partial charge in [0.1, 0.15) is 18.0 Å². The van der Waals surface area contributed by atoms with E-state index in [4.69, 9.17) is 4.42 Å². The number of alkyl halides is 1. The number of rotatable bonds is 3. The lowest BCUT2D eigenvalue weighted by Crippen LogP contribution is -2.12. The van der Waals surface area contributed by atoms with Crippen LogP contribution in [0.1, 0.15) is 15.9 Å². The fourth-order valence-electron chi connectivity index (χ4n) is 2.02. The van der Waals surface area contributed by atoms with Crippen LogP contribution in [0, 0.1) is 5.82 Å². The summed E-state index contributed by atoms with van der Waals surface area (Å²) in [5.41, 5.74) is 1.84. The van der Waals surface area contributed by atoms with E-state index in [-0.39, 0.29) is 0 Å². The standard InChI is InChI=1S/C15H10F2N2O2/c16-7-10-5-12(6-13-14(10)18-8-21-13)19-15(20)9-1-3-11(17)4-2-9/h1-6,8H,7H2,(H,19,20). The number of halogens is 2. The maximum absolute atomic E-state index is 13.0. The zero-order valence-corrected chi connectivity index (χ0v) is 10.8. The topological polar surface area (TPSA) is 55.1 Å². The minimum Gasteiger partial charge on any atom is -0.443 e. The number of aromatic nitrogens is 1. The predicted molar refractivity (Wildman–Crippen MR) is 73.2 cm³/mol. The van der Waals surface area contributed by atoms with Crippen molar-refractivity contribution in [1.82, 2.24) is 4.98 Å². The summed E-state index contributed by atoms with van der Waals surface area (Å²) >= 11 is 0. The quantitative estimate of drug-likeness (QED) is 0.799. The van der Waals surface area contributed by atoms with Crippen LogP contribution in [0.4, 0.5) is 14.5 Å². The van der Waals surface area contributed by atoms with E-state index in [1.54, 1.807) is 6.07 Å². The molecule has 2 aromatic carbocycles.